The Hall–Kier alpha value is -3.03. The molecule has 0 aliphatic heterocycles. The summed E-state index contributed by atoms with van der Waals surface area (Å²) in [5.41, 5.74) is 4.29. The van der Waals surface area contributed by atoms with E-state index in [0.717, 1.165) is 16.8 Å². The van der Waals surface area contributed by atoms with Gasteiger partial charge in [0.05, 0.1) is 6.57 Å². The van der Waals surface area contributed by atoms with Crippen LogP contribution in [0.4, 0.5) is 5.69 Å². The molecule has 0 saturated heterocycles. The van der Waals surface area contributed by atoms with Gasteiger partial charge in [0.15, 0.2) is 0 Å². The van der Waals surface area contributed by atoms with Crippen molar-refractivity contribution in [3.05, 3.63) is 76.4 Å². The number of nitrogens with zero attached hydrogens (tertiary/aromatic N) is 2. The monoisotopic (exact) mass is 364 g/mol. The van der Waals surface area contributed by atoms with Crippen molar-refractivity contribution in [3.8, 4) is 22.3 Å². The summed E-state index contributed by atoms with van der Waals surface area (Å²) >= 11 is 6.25. The van der Waals surface area contributed by atoms with E-state index in [-0.39, 0.29) is 5.69 Å². The lowest BCUT2D eigenvalue weighted by atomic mass is 9.99. The predicted octanol–water partition coefficient (Wildman–Crippen LogP) is 5.82. The smallest absolute Gasteiger partial charge is 0.351 e. The molecule has 0 radical (unpaired) electrons. The van der Waals surface area contributed by atoms with Crippen LogP contribution in [0.15, 0.2) is 48.5 Å². The molecule has 3 rings (SSSR count). The second kappa shape index (κ2) is 7.07. The quantitative estimate of drug-likeness (QED) is 0.592. The van der Waals surface area contributed by atoms with E-state index in [1.54, 1.807) is 11.6 Å². The van der Waals surface area contributed by atoms with Crippen LogP contribution in [0, 0.1) is 6.57 Å². The number of hydrogen-bond acceptors (Lipinski definition) is 1. The van der Waals surface area contributed by atoms with Gasteiger partial charge < -0.3 is 9.67 Å². The van der Waals surface area contributed by atoms with E-state index in [1.807, 2.05) is 55.5 Å². The van der Waals surface area contributed by atoms with Gasteiger partial charge in [-0.1, -0.05) is 61.0 Å². The molecule has 0 bridgehead atoms. The van der Waals surface area contributed by atoms with Crippen LogP contribution in [0.2, 0.25) is 5.02 Å². The van der Waals surface area contributed by atoms with Gasteiger partial charge >= 0.3 is 5.97 Å². The van der Waals surface area contributed by atoms with Crippen LogP contribution in [0.3, 0.4) is 0 Å². The molecule has 1 aromatic heterocycles. The molecule has 2 aromatic carbocycles. The second-order valence-corrected chi connectivity index (χ2v) is 6.31. The number of aromatic carboxylic acids is 1. The van der Waals surface area contributed by atoms with Gasteiger partial charge in [-0.05, 0) is 23.6 Å². The SMILES string of the molecule is [C-]#[N+]c1c(-c2ccc(-c3ccccc3Cl)cc2)c(C(=O)O)n(C)c1CC. The highest BCUT2D eigenvalue weighted by Crippen LogP contribution is 2.40. The molecule has 0 unspecified atom stereocenters. The zero-order valence-corrected chi connectivity index (χ0v) is 15.2. The zero-order valence-electron chi connectivity index (χ0n) is 14.5. The first-order chi connectivity index (χ1) is 12.5. The van der Waals surface area contributed by atoms with Crippen molar-refractivity contribution < 1.29 is 9.90 Å². The topological polar surface area (TPSA) is 46.6 Å². The summed E-state index contributed by atoms with van der Waals surface area (Å²) in [7, 11) is 1.69. The highest BCUT2D eigenvalue weighted by Gasteiger charge is 2.25. The number of aromatic nitrogens is 1. The maximum absolute atomic E-state index is 11.8. The Morgan fingerprint density at radius 3 is 2.31 bits per heavy atom. The molecule has 5 heteroatoms. The van der Waals surface area contributed by atoms with Gasteiger partial charge in [0.2, 0.25) is 5.69 Å². The fraction of sp³-hybridized carbons (Fsp3) is 0.143. The molecule has 26 heavy (non-hydrogen) atoms. The van der Waals surface area contributed by atoms with Crippen LogP contribution < -0.4 is 0 Å². The Morgan fingerprint density at radius 1 is 1.15 bits per heavy atom. The van der Waals surface area contributed by atoms with Gasteiger partial charge in [0.25, 0.3) is 0 Å². The summed E-state index contributed by atoms with van der Waals surface area (Å²) in [5.74, 6) is -1.04. The van der Waals surface area contributed by atoms with E-state index in [1.165, 1.54) is 0 Å². The molecule has 0 spiro atoms. The van der Waals surface area contributed by atoms with Crippen molar-refractivity contribution in [2.45, 2.75) is 13.3 Å². The molecule has 0 aliphatic carbocycles. The minimum atomic E-state index is -1.04. The largest absolute Gasteiger partial charge is 0.477 e. The van der Waals surface area contributed by atoms with Gasteiger partial charge in [-0.15, -0.1) is 0 Å². The molecule has 0 fully saturated rings. The van der Waals surface area contributed by atoms with E-state index >= 15 is 0 Å². The molecule has 0 saturated carbocycles. The minimum absolute atomic E-state index is 0.137. The van der Waals surface area contributed by atoms with Crippen molar-refractivity contribution in [2.75, 3.05) is 0 Å². The zero-order chi connectivity index (χ0) is 18.8. The molecule has 0 amide bonds. The summed E-state index contributed by atoms with van der Waals surface area (Å²) in [5, 5.41) is 10.3. The van der Waals surface area contributed by atoms with Crippen LogP contribution in [0.5, 0.6) is 0 Å². The number of carboxylic acids is 1. The third-order valence-corrected chi connectivity index (χ3v) is 4.82. The van der Waals surface area contributed by atoms with Gasteiger partial charge in [-0.25, -0.2) is 9.64 Å². The third-order valence-electron chi connectivity index (χ3n) is 4.49. The molecular formula is C21H17ClN2O2. The van der Waals surface area contributed by atoms with Crippen molar-refractivity contribution in [1.82, 2.24) is 4.57 Å². The molecule has 0 atom stereocenters. The van der Waals surface area contributed by atoms with Crippen LogP contribution in [-0.2, 0) is 13.5 Å². The number of carboxylic acid groups (broad SMARTS) is 1. The summed E-state index contributed by atoms with van der Waals surface area (Å²) in [6.07, 6.45) is 0.589. The number of halogens is 1. The maximum atomic E-state index is 11.8. The standard InChI is InChI=1S/C21H17ClN2O2/c1-4-17-19(23-2)18(20(21(25)26)24(17)3)14-11-9-13(10-12-14)15-7-5-6-8-16(15)22/h5-12H,4H2,1,3H3,(H,25,26). The number of carbonyl (C=O) groups is 1. The van der Waals surface area contributed by atoms with Gasteiger partial charge in [0.1, 0.15) is 5.69 Å². The first kappa shape index (κ1) is 17.8. The molecule has 1 N–H and O–H groups in total. The molecule has 4 nitrogen and oxygen atoms in total. The second-order valence-electron chi connectivity index (χ2n) is 5.91. The molecular weight excluding hydrogens is 348 g/mol. The van der Waals surface area contributed by atoms with E-state index in [9.17, 15) is 9.90 Å². The minimum Gasteiger partial charge on any atom is -0.477 e. The lowest BCUT2D eigenvalue weighted by Crippen LogP contribution is -2.07. The number of hydrogen-bond donors (Lipinski definition) is 1. The summed E-state index contributed by atoms with van der Waals surface area (Å²) in [6, 6.07) is 15.0. The lowest BCUT2D eigenvalue weighted by molar-refractivity contribution is 0.0687. The number of rotatable bonds is 4. The van der Waals surface area contributed by atoms with E-state index in [4.69, 9.17) is 18.2 Å². The first-order valence-corrected chi connectivity index (χ1v) is 8.55. The van der Waals surface area contributed by atoms with Crippen molar-refractivity contribution in [1.29, 1.82) is 0 Å². The van der Waals surface area contributed by atoms with Crippen LogP contribution in [0.25, 0.3) is 27.1 Å². The van der Waals surface area contributed by atoms with Crippen LogP contribution in [-0.4, -0.2) is 15.6 Å². The Morgan fingerprint density at radius 2 is 1.77 bits per heavy atom. The van der Waals surface area contributed by atoms with Gasteiger partial charge in [-0.2, -0.15) is 0 Å². The van der Waals surface area contributed by atoms with Crippen molar-refractivity contribution >= 4 is 23.3 Å². The highest BCUT2D eigenvalue weighted by atomic mass is 35.5. The first-order valence-electron chi connectivity index (χ1n) is 8.17. The van der Waals surface area contributed by atoms with Crippen LogP contribution in [0.1, 0.15) is 23.1 Å². The van der Waals surface area contributed by atoms with E-state index in [2.05, 4.69) is 4.85 Å². The van der Waals surface area contributed by atoms with Gasteiger partial charge in [-0.3, -0.25) is 0 Å². The number of benzene rings is 2. The normalized spacial score (nSPS) is 10.5. The fourth-order valence-corrected chi connectivity index (χ4v) is 3.52. The summed E-state index contributed by atoms with van der Waals surface area (Å²) in [6.45, 7) is 9.45. The molecule has 130 valence electrons. The summed E-state index contributed by atoms with van der Waals surface area (Å²) in [4.78, 5) is 15.4. The third kappa shape index (κ3) is 2.87. The lowest BCUT2D eigenvalue weighted by Gasteiger charge is -2.08. The Labute approximate surface area is 157 Å². The van der Waals surface area contributed by atoms with E-state index in [0.29, 0.717) is 28.3 Å². The van der Waals surface area contributed by atoms with E-state index < -0.39 is 5.97 Å². The summed E-state index contributed by atoms with van der Waals surface area (Å²) < 4.78 is 1.60. The Kier molecular flexibility index (Phi) is 4.83. The maximum Gasteiger partial charge on any atom is 0.351 e. The van der Waals surface area contributed by atoms with Crippen LogP contribution >= 0.6 is 11.6 Å². The Balaban J connectivity index is 2.18. The fourth-order valence-electron chi connectivity index (χ4n) is 3.28. The molecule has 0 aliphatic rings. The average Bonchev–Trinajstić information content (AvgIpc) is 2.94. The highest BCUT2D eigenvalue weighted by molar-refractivity contribution is 6.33. The predicted molar refractivity (Wildman–Crippen MR) is 104 cm³/mol. The average molecular weight is 365 g/mol. The molecule has 1 heterocycles. The van der Waals surface area contributed by atoms with Gasteiger partial charge in [0, 0.05) is 28.9 Å². The van der Waals surface area contributed by atoms with Crippen molar-refractivity contribution in [3.63, 3.8) is 0 Å². The van der Waals surface area contributed by atoms with Crippen molar-refractivity contribution in [2.24, 2.45) is 7.05 Å². The molecule has 3 aromatic rings. The Bertz CT molecular complexity index is 1030.